The fraction of sp³-hybridized carbons (Fsp3) is 0.280. The van der Waals surface area contributed by atoms with E-state index in [1.165, 1.54) is 0 Å². The van der Waals surface area contributed by atoms with Crippen molar-refractivity contribution in [1.29, 1.82) is 0 Å². The summed E-state index contributed by atoms with van der Waals surface area (Å²) in [6, 6.07) is 11.3. The highest BCUT2D eigenvalue weighted by Crippen LogP contribution is 2.34. The summed E-state index contributed by atoms with van der Waals surface area (Å²) in [5.41, 5.74) is 7.15. The number of aryl methyl sites for hydroxylation is 4. The van der Waals surface area contributed by atoms with Crippen molar-refractivity contribution < 1.29 is 20.4 Å². The summed E-state index contributed by atoms with van der Waals surface area (Å²) in [4.78, 5) is 0. The molecular formula is C25H28O4. The van der Waals surface area contributed by atoms with Gasteiger partial charge in [0.15, 0.2) is 0 Å². The van der Waals surface area contributed by atoms with E-state index in [0.29, 0.717) is 29.5 Å². The van der Waals surface area contributed by atoms with Crippen LogP contribution in [0.1, 0.15) is 50.1 Å². The Kier molecular flexibility index (Phi) is 5.85. The summed E-state index contributed by atoms with van der Waals surface area (Å²) in [6.07, 6.45) is 0.760. The monoisotopic (exact) mass is 392 g/mol. The number of hydrogen-bond donors (Lipinski definition) is 4. The van der Waals surface area contributed by atoms with E-state index in [9.17, 15) is 20.4 Å². The van der Waals surface area contributed by atoms with Crippen molar-refractivity contribution >= 4 is 0 Å². The first-order chi connectivity index (χ1) is 13.7. The number of benzene rings is 3. The van der Waals surface area contributed by atoms with Gasteiger partial charge in [-0.2, -0.15) is 0 Å². The van der Waals surface area contributed by atoms with E-state index in [1.807, 2.05) is 58.0 Å². The maximum atomic E-state index is 10.9. The highest BCUT2D eigenvalue weighted by molar-refractivity contribution is 5.53. The second-order valence-electron chi connectivity index (χ2n) is 7.96. The van der Waals surface area contributed by atoms with Crippen molar-refractivity contribution in [3.63, 3.8) is 0 Å². The summed E-state index contributed by atoms with van der Waals surface area (Å²) < 4.78 is 0. The van der Waals surface area contributed by atoms with Gasteiger partial charge in [-0.25, -0.2) is 0 Å². The molecule has 0 aliphatic carbocycles. The minimum absolute atomic E-state index is 0.0625. The molecule has 4 heteroatoms. The molecular weight excluding hydrogens is 364 g/mol. The summed E-state index contributed by atoms with van der Waals surface area (Å²) in [7, 11) is 0. The molecule has 0 atom stereocenters. The Labute approximate surface area is 171 Å². The summed E-state index contributed by atoms with van der Waals surface area (Å²) in [6.45, 7) is 7.48. The first kappa shape index (κ1) is 20.7. The van der Waals surface area contributed by atoms with Gasteiger partial charge in [-0.15, -0.1) is 0 Å². The molecule has 0 aliphatic heterocycles. The van der Waals surface area contributed by atoms with Crippen LogP contribution in [-0.4, -0.2) is 20.4 Å². The third kappa shape index (κ3) is 4.38. The predicted octanol–water partition coefficient (Wildman–Crippen LogP) is 4.71. The van der Waals surface area contributed by atoms with Crippen LogP contribution in [0.5, 0.6) is 17.2 Å². The largest absolute Gasteiger partial charge is 0.507 e. The minimum Gasteiger partial charge on any atom is -0.507 e. The number of rotatable bonds is 5. The zero-order valence-electron chi connectivity index (χ0n) is 17.4. The van der Waals surface area contributed by atoms with Crippen LogP contribution in [0.3, 0.4) is 0 Å². The first-order valence-corrected chi connectivity index (χ1v) is 9.72. The molecule has 4 N–H and O–H groups in total. The molecule has 0 fully saturated rings. The van der Waals surface area contributed by atoms with Crippen LogP contribution in [0.4, 0.5) is 0 Å². The lowest BCUT2D eigenvalue weighted by Gasteiger charge is -2.15. The van der Waals surface area contributed by atoms with Crippen LogP contribution in [0.25, 0.3) is 0 Å². The second kappa shape index (κ2) is 8.18. The van der Waals surface area contributed by atoms with Gasteiger partial charge in [0.2, 0.25) is 0 Å². The zero-order chi connectivity index (χ0) is 21.3. The topological polar surface area (TPSA) is 80.9 Å². The van der Waals surface area contributed by atoms with Crippen LogP contribution < -0.4 is 0 Å². The maximum absolute atomic E-state index is 10.9. The molecule has 0 bridgehead atoms. The van der Waals surface area contributed by atoms with Gasteiger partial charge in [0.1, 0.15) is 17.2 Å². The standard InChI is InChI=1S/C25H28O4/c1-14-5-17(4)23(27)18(6-14)11-19-7-15(2)8-20(24(19)28)12-21-9-16(3)10-22(13-26)25(21)29/h5-10,26-29H,11-13H2,1-4H3. The average Bonchev–Trinajstić information content (AvgIpc) is 2.65. The molecule has 0 heterocycles. The van der Waals surface area contributed by atoms with Gasteiger partial charge in [-0.05, 0) is 55.5 Å². The van der Waals surface area contributed by atoms with E-state index < -0.39 is 0 Å². The quantitative estimate of drug-likeness (QED) is 0.507. The lowest BCUT2D eigenvalue weighted by atomic mass is 9.92. The van der Waals surface area contributed by atoms with Crippen LogP contribution in [-0.2, 0) is 19.4 Å². The third-order valence-electron chi connectivity index (χ3n) is 5.28. The SMILES string of the molecule is Cc1cc(C)c(O)c(Cc2cc(C)cc(Cc3cc(C)cc(CO)c3O)c2O)c1. The minimum atomic E-state index is -0.239. The van der Waals surface area contributed by atoms with E-state index in [-0.39, 0.29) is 23.9 Å². The Hall–Kier alpha value is -2.98. The van der Waals surface area contributed by atoms with Crippen molar-refractivity contribution in [2.75, 3.05) is 0 Å². The molecule has 3 aromatic rings. The summed E-state index contributed by atoms with van der Waals surface area (Å²) >= 11 is 0. The molecule has 0 aromatic heterocycles. The molecule has 0 radical (unpaired) electrons. The lowest BCUT2D eigenvalue weighted by Crippen LogP contribution is -1.99. The lowest BCUT2D eigenvalue weighted by molar-refractivity contribution is 0.275. The average molecular weight is 392 g/mol. The van der Waals surface area contributed by atoms with Crippen LogP contribution in [0.2, 0.25) is 0 Å². The molecule has 0 aliphatic rings. The van der Waals surface area contributed by atoms with Crippen molar-refractivity contribution in [3.8, 4) is 17.2 Å². The molecule has 0 unspecified atom stereocenters. The predicted molar refractivity (Wildman–Crippen MR) is 115 cm³/mol. The van der Waals surface area contributed by atoms with Gasteiger partial charge in [0.25, 0.3) is 0 Å². The zero-order valence-corrected chi connectivity index (χ0v) is 17.4. The van der Waals surface area contributed by atoms with E-state index in [1.54, 1.807) is 6.07 Å². The van der Waals surface area contributed by atoms with E-state index in [4.69, 9.17) is 0 Å². The fourth-order valence-electron chi connectivity index (χ4n) is 3.99. The number of phenols is 3. The van der Waals surface area contributed by atoms with Gasteiger partial charge >= 0.3 is 0 Å². The van der Waals surface area contributed by atoms with Gasteiger partial charge in [-0.1, -0.05) is 53.1 Å². The van der Waals surface area contributed by atoms with Gasteiger partial charge in [0.05, 0.1) is 6.61 Å². The van der Waals surface area contributed by atoms with E-state index >= 15 is 0 Å². The normalized spacial score (nSPS) is 11.1. The second-order valence-corrected chi connectivity index (χ2v) is 7.96. The third-order valence-corrected chi connectivity index (χ3v) is 5.28. The molecule has 152 valence electrons. The highest BCUT2D eigenvalue weighted by Gasteiger charge is 2.16. The summed E-state index contributed by atoms with van der Waals surface area (Å²) in [5.74, 6) is 0.482. The van der Waals surface area contributed by atoms with Crippen LogP contribution in [0.15, 0.2) is 36.4 Å². The first-order valence-electron chi connectivity index (χ1n) is 9.72. The van der Waals surface area contributed by atoms with Gasteiger partial charge < -0.3 is 20.4 Å². The van der Waals surface area contributed by atoms with Crippen molar-refractivity contribution in [2.24, 2.45) is 0 Å². The molecule has 4 nitrogen and oxygen atoms in total. The molecule has 0 amide bonds. The highest BCUT2D eigenvalue weighted by atomic mass is 16.3. The van der Waals surface area contributed by atoms with E-state index in [2.05, 4.69) is 0 Å². The number of hydrogen-bond acceptors (Lipinski definition) is 4. The fourth-order valence-corrected chi connectivity index (χ4v) is 3.99. The molecule has 0 saturated heterocycles. The van der Waals surface area contributed by atoms with Gasteiger partial charge in [0, 0.05) is 18.4 Å². The molecule has 3 aromatic carbocycles. The Balaban J connectivity index is 2.02. The number of aliphatic hydroxyl groups excluding tert-OH is 1. The van der Waals surface area contributed by atoms with Gasteiger partial charge in [-0.3, -0.25) is 0 Å². The Bertz CT molecular complexity index is 1070. The molecule has 0 saturated carbocycles. The molecule has 3 rings (SSSR count). The Morgan fingerprint density at radius 2 is 0.862 bits per heavy atom. The van der Waals surface area contributed by atoms with Crippen molar-refractivity contribution in [3.05, 3.63) is 86.5 Å². The Morgan fingerprint density at radius 1 is 0.517 bits per heavy atom. The van der Waals surface area contributed by atoms with Crippen molar-refractivity contribution in [2.45, 2.75) is 47.1 Å². The van der Waals surface area contributed by atoms with E-state index in [0.717, 1.165) is 33.4 Å². The molecule has 0 spiro atoms. The smallest absolute Gasteiger partial charge is 0.124 e. The molecule has 29 heavy (non-hydrogen) atoms. The number of aromatic hydroxyl groups is 3. The van der Waals surface area contributed by atoms with Crippen molar-refractivity contribution in [1.82, 2.24) is 0 Å². The summed E-state index contributed by atoms with van der Waals surface area (Å²) in [5, 5.41) is 41.3. The van der Waals surface area contributed by atoms with Crippen LogP contribution >= 0.6 is 0 Å². The maximum Gasteiger partial charge on any atom is 0.124 e. The van der Waals surface area contributed by atoms with Crippen LogP contribution in [0, 0.1) is 27.7 Å². The number of phenolic OH excluding ortho intramolecular Hbond substituents is 2. The Morgan fingerprint density at radius 3 is 1.31 bits per heavy atom. The number of aliphatic hydroxyl groups is 1.